The van der Waals surface area contributed by atoms with E-state index in [0.29, 0.717) is 6.61 Å². The van der Waals surface area contributed by atoms with E-state index in [9.17, 15) is 0 Å². The highest BCUT2D eigenvalue weighted by molar-refractivity contribution is 5.13. The van der Waals surface area contributed by atoms with Crippen LogP contribution >= 0.6 is 0 Å². The Morgan fingerprint density at radius 2 is 2.00 bits per heavy atom. The molecule has 0 bridgehead atoms. The third-order valence-electron chi connectivity index (χ3n) is 2.18. The highest BCUT2D eigenvalue weighted by Gasteiger charge is 2.22. The Hall–Kier alpha value is -1.37. The number of ether oxygens (including phenoxy) is 2. The molecule has 1 aromatic rings. The van der Waals surface area contributed by atoms with Crippen molar-refractivity contribution in [2.75, 3.05) is 13.7 Å². The molecule has 1 aromatic carbocycles. The number of hydrogen-bond acceptors (Lipinski definition) is 3. The van der Waals surface area contributed by atoms with Gasteiger partial charge in [0.15, 0.2) is 5.60 Å². The first kappa shape index (κ1) is 11.7. The van der Waals surface area contributed by atoms with Crippen molar-refractivity contribution in [3.05, 3.63) is 35.9 Å². The molecule has 3 nitrogen and oxygen atoms in total. The first-order valence-electron chi connectivity index (χ1n) is 4.78. The molecule has 15 heavy (non-hydrogen) atoms. The van der Waals surface area contributed by atoms with E-state index in [2.05, 4.69) is 6.07 Å². The van der Waals surface area contributed by atoms with E-state index in [-0.39, 0.29) is 6.61 Å². The Bertz CT molecular complexity index is 331. The lowest BCUT2D eigenvalue weighted by Crippen LogP contribution is -2.31. The monoisotopic (exact) mass is 205 g/mol. The topological polar surface area (TPSA) is 42.2 Å². The van der Waals surface area contributed by atoms with Crippen molar-refractivity contribution in [1.29, 1.82) is 5.26 Å². The minimum atomic E-state index is -0.852. The zero-order valence-corrected chi connectivity index (χ0v) is 9.06. The Balaban J connectivity index is 2.37. The molecule has 0 fully saturated rings. The number of methoxy groups -OCH3 is 1. The number of benzene rings is 1. The van der Waals surface area contributed by atoms with Gasteiger partial charge >= 0.3 is 0 Å². The lowest BCUT2D eigenvalue weighted by molar-refractivity contribution is -0.0317. The zero-order valence-electron chi connectivity index (χ0n) is 9.06. The molecule has 1 rings (SSSR count). The highest BCUT2D eigenvalue weighted by atomic mass is 16.5. The van der Waals surface area contributed by atoms with Gasteiger partial charge in [-0.2, -0.15) is 5.26 Å². The van der Waals surface area contributed by atoms with E-state index in [1.807, 2.05) is 30.3 Å². The maximum atomic E-state index is 8.83. The van der Waals surface area contributed by atoms with Gasteiger partial charge in [-0.1, -0.05) is 30.3 Å². The summed E-state index contributed by atoms with van der Waals surface area (Å²) in [6.07, 6.45) is 0. The van der Waals surface area contributed by atoms with Crippen molar-refractivity contribution >= 4 is 0 Å². The van der Waals surface area contributed by atoms with Crippen molar-refractivity contribution < 1.29 is 9.47 Å². The summed E-state index contributed by atoms with van der Waals surface area (Å²) >= 11 is 0. The van der Waals surface area contributed by atoms with Crippen LogP contribution in [0.25, 0.3) is 0 Å². The second-order valence-electron chi connectivity index (χ2n) is 3.53. The second-order valence-corrected chi connectivity index (χ2v) is 3.53. The molecule has 0 amide bonds. The fourth-order valence-electron chi connectivity index (χ4n) is 1.07. The van der Waals surface area contributed by atoms with Crippen LogP contribution in [0.2, 0.25) is 0 Å². The minimum Gasteiger partial charge on any atom is -0.373 e. The molecule has 0 aliphatic rings. The van der Waals surface area contributed by atoms with Crippen LogP contribution in [0.15, 0.2) is 30.3 Å². The van der Waals surface area contributed by atoms with Crippen LogP contribution in [-0.4, -0.2) is 19.3 Å². The van der Waals surface area contributed by atoms with Crippen LogP contribution in [0.4, 0.5) is 0 Å². The van der Waals surface area contributed by atoms with Crippen LogP contribution < -0.4 is 0 Å². The van der Waals surface area contributed by atoms with Gasteiger partial charge in [-0.05, 0) is 12.5 Å². The molecule has 3 heteroatoms. The summed E-state index contributed by atoms with van der Waals surface area (Å²) in [5, 5.41) is 8.83. The Morgan fingerprint density at radius 1 is 1.33 bits per heavy atom. The van der Waals surface area contributed by atoms with Gasteiger partial charge in [0, 0.05) is 7.11 Å². The Morgan fingerprint density at radius 3 is 2.53 bits per heavy atom. The van der Waals surface area contributed by atoms with E-state index >= 15 is 0 Å². The molecule has 80 valence electrons. The number of rotatable bonds is 5. The average Bonchev–Trinajstić information content (AvgIpc) is 2.30. The van der Waals surface area contributed by atoms with E-state index in [4.69, 9.17) is 14.7 Å². The van der Waals surface area contributed by atoms with Crippen LogP contribution in [0.3, 0.4) is 0 Å². The predicted molar refractivity (Wildman–Crippen MR) is 57.1 cm³/mol. The molecule has 0 N–H and O–H groups in total. The number of nitriles is 1. The molecular weight excluding hydrogens is 190 g/mol. The van der Waals surface area contributed by atoms with Gasteiger partial charge in [-0.3, -0.25) is 0 Å². The summed E-state index contributed by atoms with van der Waals surface area (Å²) in [6.45, 7) is 2.48. The van der Waals surface area contributed by atoms with Gasteiger partial charge in [-0.15, -0.1) is 0 Å². The van der Waals surface area contributed by atoms with Crippen molar-refractivity contribution in [3.8, 4) is 6.07 Å². The zero-order chi connectivity index (χ0) is 11.1. The molecule has 0 saturated carbocycles. The van der Waals surface area contributed by atoms with Crippen LogP contribution in [-0.2, 0) is 16.1 Å². The first-order valence-corrected chi connectivity index (χ1v) is 4.78. The summed E-state index contributed by atoms with van der Waals surface area (Å²) < 4.78 is 10.5. The summed E-state index contributed by atoms with van der Waals surface area (Å²) in [4.78, 5) is 0. The lowest BCUT2D eigenvalue weighted by Gasteiger charge is -2.19. The maximum Gasteiger partial charge on any atom is 0.174 e. The number of nitrogens with zero attached hydrogens (tertiary/aromatic N) is 1. The van der Waals surface area contributed by atoms with Crippen LogP contribution in [0.5, 0.6) is 0 Å². The largest absolute Gasteiger partial charge is 0.373 e. The molecule has 1 atom stereocenters. The lowest BCUT2D eigenvalue weighted by atomic mass is 10.1. The third-order valence-corrected chi connectivity index (χ3v) is 2.18. The smallest absolute Gasteiger partial charge is 0.174 e. The molecular formula is C12H15NO2. The molecule has 0 aromatic heterocycles. The molecule has 1 unspecified atom stereocenters. The van der Waals surface area contributed by atoms with Gasteiger partial charge in [0.1, 0.15) is 0 Å². The molecule has 0 aliphatic carbocycles. The molecule has 0 saturated heterocycles. The Kier molecular flexibility index (Phi) is 4.29. The van der Waals surface area contributed by atoms with E-state index in [1.165, 1.54) is 7.11 Å². The summed E-state index contributed by atoms with van der Waals surface area (Å²) in [7, 11) is 1.51. The molecule has 0 aliphatic heterocycles. The first-order chi connectivity index (χ1) is 7.20. The Labute approximate surface area is 90.2 Å². The highest BCUT2D eigenvalue weighted by Crippen LogP contribution is 2.09. The van der Waals surface area contributed by atoms with Crippen molar-refractivity contribution in [3.63, 3.8) is 0 Å². The van der Waals surface area contributed by atoms with E-state index in [1.54, 1.807) is 6.92 Å². The fraction of sp³-hybridized carbons (Fsp3) is 0.417. The van der Waals surface area contributed by atoms with E-state index < -0.39 is 5.60 Å². The van der Waals surface area contributed by atoms with Crippen molar-refractivity contribution in [2.45, 2.75) is 19.1 Å². The SMILES string of the molecule is COC(C)(C#N)COCc1ccccc1. The average molecular weight is 205 g/mol. The maximum absolute atomic E-state index is 8.83. The predicted octanol–water partition coefficient (Wildman–Crippen LogP) is 2.13. The summed E-state index contributed by atoms with van der Waals surface area (Å²) in [5.74, 6) is 0. The molecule has 0 spiro atoms. The van der Waals surface area contributed by atoms with Gasteiger partial charge in [-0.25, -0.2) is 0 Å². The van der Waals surface area contributed by atoms with Crippen LogP contribution in [0, 0.1) is 11.3 Å². The normalized spacial score (nSPS) is 14.2. The standard InChI is InChI=1S/C12H15NO2/c1-12(9-13,14-2)10-15-8-11-6-4-3-5-7-11/h3-7H,8,10H2,1-2H3. The van der Waals surface area contributed by atoms with Crippen LogP contribution in [0.1, 0.15) is 12.5 Å². The van der Waals surface area contributed by atoms with Gasteiger partial charge in [0.25, 0.3) is 0 Å². The van der Waals surface area contributed by atoms with Gasteiger partial charge in [0.05, 0.1) is 19.3 Å². The second kappa shape index (κ2) is 5.50. The van der Waals surface area contributed by atoms with Gasteiger partial charge < -0.3 is 9.47 Å². The summed E-state index contributed by atoms with van der Waals surface area (Å²) in [6, 6.07) is 11.9. The quantitative estimate of drug-likeness (QED) is 0.739. The van der Waals surface area contributed by atoms with Crippen molar-refractivity contribution in [2.24, 2.45) is 0 Å². The fourth-order valence-corrected chi connectivity index (χ4v) is 1.07. The van der Waals surface area contributed by atoms with E-state index in [0.717, 1.165) is 5.56 Å². The van der Waals surface area contributed by atoms with Crippen molar-refractivity contribution in [1.82, 2.24) is 0 Å². The third kappa shape index (κ3) is 3.70. The molecule has 0 radical (unpaired) electrons. The van der Waals surface area contributed by atoms with Gasteiger partial charge in [0.2, 0.25) is 0 Å². The number of hydrogen-bond donors (Lipinski definition) is 0. The summed E-state index contributed by atoms with van der Waals surface area (Å²) in [5.41, 5.74) is 0.239. The molecule has 0 heterocycles. The minimum absolute atomic E-state index is 0.273.